The van der Waals surface area contributed by atoms with Gasteiger partial charge in [-0.2, -0.15) is 0 Å². The molecular formula is C12H20N2S. The Bertz CT molecular complexity index is 280. The van der Waals surface area contributed by atoms with Crippen LogP contribution in [0.3, 0.4) is 0 Å². The summed E-state index contributed by atoms with van der Waals surface area (Å²) in [7, 11) is 2.18. The van der Waals surface area contributed by atoms with Gasteiger partial charge in [-0.15, -0.1) is 11.3 Å². The number of hydrogen-bond acceptors (Lipinski definition) is 3. The van der Waals surface area contributed by atoms with E-state index in [-0.39, 0.29) is 0 Å². The van der Waals surface area contributed by atoms with E-state index >= 15 is 0 Å². The van der Waals surface area contributed by atoms with Gasteiger partial charge in [0.1, 0.15) is 0 Å². The highest BCUT2D eigenvalue weighted by Gasteiger charge is 2.28. The van der Waals surface area contributed by atoms with E-state index in [0.717, 1.165) is 25.4 Å². The van der Waals surface area contributed by atoms with Gasteiger partial charge in [-0.1, -0.05) is 6.07 Å². The van der Waals surface area contributed by atoms with Crippen molar-refractivity contribution in [3.63, 3.8) is 0 Å². The first-order chi connectivity index (χ1) is 7.25. The van der Waals surface area contributed by atoms with Gasteiger partial charge in [0.25, 0.3) is 0 Å². The van der Waals surface area contributed by atoms with Gasteiger partial charge in [0.15, 0.2) is 0 Å². The van der Waals surface area contributed by atoms with E-state index in [4.69, 9.17) is 5.73 Å². The monoisotopic (exact) mass is 224 g/mol. The molecule has 0 aromatic carbocycles. The van der Waals surface area contributed by atoms with E-state index in [2.05, 4.69) is 29.5 Å². The van der Waals surface area contributed by atoms with E-state index in [0.29, 0.717) is 6.04 Å². The lowest BCUT2D eigenvalue weighted by atomic mass is 10.1. The predicted octanol–water partition coefficient (Wildman–Crippen LogP) is 2.31. The Kier molecular flexibility index (Phi) is 3.78. The molecule has 1 fully saturated rings. The van der Waals surface area contributed by atoms with Crippen molar-refractivity contribution in [3.05, 3.63) is 22.4 Å². The molecule has 2 rings (SSSR count). The molecule has 1 heterocycles. The van der Waals surface area contributed by atoms with Crippen LogP contribution in [0.25, 0.3) is 0 Å². The van der Waals surface area contributed by atoms with Crippen molar-refractivity contribution in [2.45, 2.75) is 31.8 Å². The average Bonchev–Trinajstić information content (AvgIpc) is 2.95. The third-order valence-corrected chi connectivity index (χ3v) is 3.94. The normalized spacial score (nSPS) is 18.3. The second-order valence-corrected chi connectivity index (χ2v) is 5.64. The summed E-state index contributed by atoms with van der Waals surface area (Å²) in [5.41, 5.74) is 6.08. The maximum absolute atomic E-state index is 6.08. The van der Waals surface area contributed by atoms with Crippen molar-refractivity contribution >= 4 is 11.3 Å². The molecule has 1 aliphatic rings. The van der Waals surface area contributed by atoms with Crippen LogP contribution in [0, 0.1) is 5.92 Å². The molecule has 0 aliphatic heterocycles. The molecule has 0 radical (unpaired) electrons. The number of nitrogens with zero attached hydrogens (tertiary/aromatic N) is 1. The number of hydrogen-bond donors (Lipinski definition) is 1. The average molecular weight is 224 g/mol. The lowest BCUT2D eigenvalue weighted by molar-refractivity contribution is 0.307. The van der Waals surface area contributed by atoms with Gasteiger partial charge in [-0.05, 0) is 50.2 Å². The van der Waals surface area contributed by atoms with Gasteiger partial charge in [-0.3, -0.25) is 0 Å². The van der Waals surface area contributed by atoms with Gasteiger partial charge in [0.2, 0.25) is 0 Å². The molecule has 84 valence electrons. The minimum absolute atomic E-state index is 0.441. The third-order valence-electron chi connectivity index (χ3n) is 3.08. The summed E-state index contributed by atoms with van der Waals surface area (Å²) in [5.74, 6) is 0.833. The number of thiophene rings is 1. The quantitative estimate of drug-likeness (QED) is 0.803. The van der Waals surface area contributed by atoms with Crippen LogP contribution in [-0.4, -0.2) is 24.5 Å². The zero-order valence-corrected chi connectivity index (χ0v) is 10.2. The minimum atomic E-state index is 0.441. The minimum Gasteiger partial charge on any atom is -0.327 e. The summed E-state index contributed by atoms with van der Waals surface area (Å²) in [5, 5.41) is 2.14. The Balaban J connectivity index is 1.65. The molecule has 1 aromatic rings. The van der Waals surface area contributed by atoms with Gasteiger partial charge in [0.05, 0.1) is 0 Å². The fraction of sp³-hybridized carbons (Fsp3) is 0.667. The molecule has 1 aromatic heterocycles. The molecule has 2 N–H and O–H groups in total. The molecular weight excluding hydrogens is 204 g/mol. The Morgan fingerprint density at radius 3 is 3.00 bits per heavy atom. The van der Waals surface area contributed by atoms with Crippen molar-refractivity contribution in [3.8, 4) is 0 Å². The Morgan fingerprint density at radius 1 is 1.60 bits per heavy atom. The molecule has 1 aliphatic carbocycles. The van der Waals surface area contributed by atoms with Gasteiger partial charge >= 0.3 is 0 Å². The zero-order valence-electron chi connectivity index (χ0n) is 9.36. The second-order valence-electron chi connectivity index (χ2n) is 4.61. The molecule has 15 heavy (non-hydrogen) atoms. The maximum Gasteiger partial charge on any atom is 0.0324 e. The molecule has 2 nitrogen and oxygen atoms in total. The standard InChI is InChI=1S/C12H20N2S/c1-14(9-11-3-2-8-15-11)7-6-12(13)10-4-5-10/h2-3,8,10,12H,4-7,9,13H2,1H3. The van der Waals surface area contributed by atoms with Crippen LogP contribution in [0.4, 0.5) is 0 Å². The fourth-order valence-corrected chi connectivity index (χ4v) is 2.66. The summed E-state index contributed by atoms with van der Waals surface area (Å²) in [6.45, 7) is 2.19. The van der Waals surface area contributed by atoms with Crippen molar-refractivity contribution < 1.29 is 0 Å². The van der Waals surface area contributed by atoms with Crippen LogP contribution in [-0.2, 0) is 6.54 Å². The smallest absolute Gasteiger partial charge is 0.0324 e. The van der Waals surface area contributed by atoms with Crippen LogP contribution < -0.4 is 5.73 Å². The highest BCUT2D eigenvalue weighted by molar-refractivity contribution is 7.09. The summed E-state index contributed by atoms with van der Waals surface area (Å²) < 4.78 is 0. The largest absolute Gasteiger partial charge is 0.327 e. The predicted molar refractivity (Wildman–Crippen MR) is 66.0 cm³/mol. The van der Waals surface area contributed by atoms with E-state index in [1.807, 2.05) is 11.3 Å². The Labute approximate surface area is 96.1 Å². The molecule has 1 atom stereocenters. The summed E-state index contributed by atoms with van der Waals surface area (Å²) in [4.78, 5) is 3.81. The first-order valence-corrected chi connectivity index (χ1v) is 6.60. The van der Waals surface area contributed by atoms with E-state index < -0.39 is 0 Å². The SMILES string of the molecule is CN(CCC(N)C1CC1)Cc1cccs1. The van der Waals surface area contributed by atoms with Crippen molar-refractivity contribution in [1.82, 2.24) is 4.90 Å². The fourth-order valence-electron chi connectivity index (χ4n) is 1.88. The molecule has 0 bridgehead atoms. The van der Waals surface area contributed by atoms with Crippen LogP contribution in [0.15, 0.2) is 17.5 Å². The van der Waals surface area contributed by atoms with Crippen molar-refractivity contribution in [2.24, 2.45) is 11.7 Å². The lowest BCUT2D eigenvalue weighted by Crippen LogP contribution is -2.29. The van der Waals surface area contributed by atoms with Gasteiger partial charge < -0.3 is 10.6 Å². The van der Waals surface area contributed by atoms with Crippen LogP contribution in [0.2, 0.25) is 0 Å². The molecule has 1 saturated carbocycles. The summed E-state index contributed by atoms with van der Waals surface area (Å²) in [6.07, 6.45) is 3.86. The van der Waals surface area contributed by atoms with Crippen LogP contribution in [0.5, 0.6) is 0 Å². The van der Waals surface area contributed by atoms with E-state index in [9.17, 15) is 0 Å². The maximum atomic E-state index is 6.08. The molecule has 3 heteroatoms. The van der Waals surface area contributed by atoms with Gasteiger partial charge in [-0.25, -0.2) is 0 Å². The molecule has 0 saturated heterocycles. The van der Waals surface area contributed by atoms with Crippen LogP contribution >= 0.6 is 11.3 Å². The first kappa shape index (κ1) is 11.1. The highest BCUT2D eigenvalue weighted by Crippen LogP contribution is 2.32. The third kappa shape index (κ3) is 3.59. The Morgan fingerprint density at radius 2 is 2.40 bits per heavy atom. The molecule has 1 unspecified atom stereocenters. The number of rotatable bonds is 6. The lowest BCUT2D eigenvalue weighted by Gasteiger charge is -2.18. The van der Waals surface area contributed by atoms with Gasteiger partial charge in [0, 0.05) is 17.5 Å². The van der Waals surface area contributed by atoms with Crippen LogP contribution in [0.1, 0.15) is 24.1 Å². The van der Waals surface area contributed by atoms with Crippen molar-refractivity contribution in [2.75, 3.05) is 13.6 Å². The topological polar surface area (TPSA) is 29.3 Å². The van der Waals surface area contributed by atoms with Crippen molar-refractivity contribution in [1.29, 1.82) is 0 Å². The Hall–Kier alpha value is -0.380. The summed E-state index contributed by atoms with van der Waals surface area (Å²) >= 11 is 1.83. The zero-order chi connectivity index (χ0) is 10.7. The summed E-state index contributed by atoms with van der Waals surface area (Å²) in [6, 6.07) is 4.75. The van der Waals surface area contributed by atoms with E-state index in [1.54, 1.807) is 0 Å². The molecule has 0 amide bonds. The van der Waals surface area contributed by atoms with E-state index in [1.165, 1.54) is 17.7 Å². The molecule has 0 spiro atoms. The second kappa shape index (κ2) is 5.10. The highest BCUT2D eigenvalue weighted by atomic mass is 32.1. The first-order valence-electron chi connectivity index (χ1n) is 5.72. The number of nitrogens with two attached hydrogens (primary N) is 1.